The predicted molar refractivity (Wildman–Crippen MR) is 81.2 cm³/mol. The Morgan fingerprint density at radius 1 is 1.50 bits per heavy atom. The van der Waals surface area contributed by atoms with E-state index in [1.165, 1.54) is 4.88 Å². The normalized spacial score (nSPS) is 12.7. The summed E-state index contributed by atoms with van der Waals surface area (Å²) < 4.78 is 7.18. The Morgan fingerprint density at radius 2 is 2.25 bits per heavy atom. The highest BCUT2D eigenvalue weighted by molar-refractivity contribution is 7.11. The highest BCUT2D eigenvalue weighted by Crippen LogP contribution is 2.24. The van der Waals surface area contributed by atoms with Gasteiger partial charge in [0.05, 0.1) is 24.4 Å². The van der Waals surface area contributed by atoms with Gasteiger partial charge in [0.15, 0.2) is 0 Å². The van der Waals surface area contributed by atoms with Gasteiger partial charge in [-0.15, -0.1) is 11.3 Å². The average Bonchev–Trinajstić information content (AvgIpc) is 3.00. The molecule has 0 aliphatic rings. The van der Waals surface area contributed by atoms with Crippen LogP contribution >= 0.6 is 11.3 Å². The molecule has 0 spiro atoms. The first-order valence-corrected chi connectivity index (χ1v) is 7.62. The third-order valence-corrected chi connectivity index (χ3v) is 4.68. The van der Waals surface area contributed by atoms with Gasteiger partial charge in [-0.2, -0.15) is 5.10 Å². The minimum absolute atomic E-state index is 0.226. The fourth-order valence-corrected chi connectivity index (χ4v) is 3.05. The van der Waals surface area contributed by atoms with Crippen LogP contribution in [0.25, 0.3) is 0 Å². The minimum Gasteiger partial charge on any atom is -0.481 e. The van der Waals surface area contributed by atoms with E-state index in [-0.39, 0.29) is 6.04 Å². The van der Waals surface area contributed by atoms with Gasteiger partial charge in [-0.1, -0.05) is 6.92 Å². The van der Waals surface area contributed by atoms with E-state index in [1.54, 1.807) is 23.1 Å². The lowest BCUT2D eigenvalue weighted by Crippen LogP contribution is -2.18. The van der Waals surface area contributed by atoms with Crippen molar-refractivity contribution in [1.82, 2.24) is 20.1 Å². The van der Waals surface area contributed by atoms with Crippen LogP contribution in [0.5, 0.6) is 5.88 Å². The van der Waals surface area contributed by atoms with Crippen LogP contribution in [0.4, 0.5) is 0 Å². The van der Waals surface area contributed by atoms with Crippen LogP contribution in [0.2, 0.25) is 0 Å². The molecule has 6 heteroatoms. The minimum atomic E-state index is 0.226. The molecule has 0 bridgehead atoms. The number of ether oxygens (including phenoxy) is 1. The Kier molecular flexibility index (Phi) is 4.77. The molecule has 0 aliphatic carbocycles. The van der Waals surface area contributed by atoms with Crippen molar-refractivity contribution in [2.45, 2.75) is 39.8 Å². The van der Waals surface area contributed by atoms with E-state index in [0.717, 1.165) is 35.1 Å². The first-order chi connectivity index (χ1) is 9.56. The van der Waals surface area contributed by atoms with E-state index >= 15 is 0 Å². The van der Waals surface area contributed by atoms with Gasteiger partial charge in [0.25, 0.3) is 0 Å². The predicted octanol–water partition coefficient (Wildman–Crippen LogP) is 2.61. The molecular weight excluding hydrogens is 272 g/mol. The van der Waals surface area contributed by atoms with Crippen LogP contribution in [0, 0.1) is 6.92 Å². The second kappa shape index (κ2) is 6.37. The Labute approximate surface area is 124 Å². The molecule has 0 aliphatic heterocycles. The molecular formula is C14H22N4OS. The second-order valence-corrected chi connectivity index (χ2v) is 5.96. The van der Waals surface area contributed by atoms with Crippen LogP contribution in [0.1, 0.15) is 41.0 Å². The first kappa shape index (κ1) is 15.0. The van der Waals surface area contributed by atoms with E-state index < -0.39 is 0 Å². The Hall–Kier alpha value is -1.40. The molecule has 0 saturated carbocycles. The molecule has 110 valence electrons. The molecule has 0 fully saturated rings. The standard InChI is InChI=1S/C14H22N4OS/c1-6-11-7-16-13(20-11)10(3)15-8-12-9(2)17-18(4)14(12)19-5/h7,10,15H,6,8H2,1-5H3. The summed E-state index contributed by atoms with van der Waals surface area (Å²) in [7, 11) is 3.57. The SMILES string of the molecule is CCc1cnc(C(C)NCc2c(C)nn(C)c2OC)s1. The van der Waals surface area contributed by atoms with Gasteiger partial charge < -0.3 is 10.1 Å². The topological polar surface area (TPSA) is 52.0 Å². The monoisotopic (exact) mass is 294 g/mol. The van der Waals surface area contributed by atoms with Crippen molar-refractivity contribution in [3.05, 3.63) is 27.3 Å². The Morgan fingerprint density at radius 3 is 2.85 bits per heavy atom. The highest BCUT2D eigenvalue weighted by atomic mass is 32.1. The zero-order valence-electron chi connectivity index (χ0n) is 12.7. The molecule has 2 heterocycles. The van der Waals surface area contributed by atoms with Crippen molar-refractivity contribution in [2.24, 2.45) is 7.05 Å². The van der Waals surface area contributed by atoms with Gasteiger partial charge in [-0.3, -0.25) is 0 Å². The summed E-state index contributed by atoms with van der Waals surface area (Å²) in [5.74, 6) is 0.815. The fourth-order valence-electron chi connectivity index (χ4n) is 2.17. The summed E-state index contributed by atoms with van der Waals surface area (Å²) in [6, 6.07) is 0.226. The van der Waals surface area contributed by atoms with E-state index in [1.807, 2.05) is 20.2 Å². The molecule has 1 unspecified atom stereocenters. The van der Waals surface area contributed by atoms with Gasteiger partial charge in [0, 0.05) is 24.7 Å². The molecule has 20 heavy (non-hydrogen) atoms. The maximum atomic E-state index is 5.40. The van der Waals surface area contributed by atoms with E-state index in [9.17, 15) is 0 Å². The molecule has 0 aromatic carbocycles. The number of aryl methyl sites for hydroxylation is 3. The number of methoxy groups -OCH3 is 1. The van der Waals surface area contributed by atoms with Crippen molar-refractivity contribution < 1.29 is 4.74 Å². The lowest BCUT2D eigenvalue weighted by molar-refractivity contribution is 0.367. The van der Waals surface area contributed by atoms with E-state index in [2.05, 4.69) is 29.2 Å². The molecule has 0 radical (unpaired) electrons. The summed E-state index contributed by atoms with van der Waals surface area (Å²) in [6.07, 6.45) is 3.01. The number of nitrogens with one attached hydrogen (secondary N) is 1. The molecule has 2 aromatic heterocycles. The average molecular weight is 294 g/mol. The third-order valence-electron chi connectivity index (χ3n) is 3.36. The summed E-state index contributed by atoms with van der Waals surface area (Å²) in [6.45, 7) is 7.02. The summed E-state index contributed by atoms with van der Waals surface area (Å²) in [5.41, 5.74) is 2.10. The second-order valence-electron chi connectivity index (χ2n) is 4.82. The van der Waals surface area contributed by atoms with Gasteiger partial charge >= 0.3 is 0 Å². The van der Waals surface area contributed by atoms with Crippen molar-refractivity contribution in [3.8, 4) is 5.88 Å². The van der Waals surface area contributed by atoms with Crippen LogP contribution in [-0.2, 0) is 20.0 Å². The van der Waals surface area contributed by atoms with Crippen LogP contribution < -0.4 is 10.1 Å². The lowest BCUT2D eigenvalue weighted by atomic mass is 10.2. The number of hydrogen-bond acceptors (Lipinski definition) is 5. The Bertz CT molecular complexity index is 576. The van der Waals surface area contributed by atoms with Crippen molar-refractivity contribution in [1.29, 1.82) is 0 Å². The van der Waals surface area contributed by atoms with E-state index in [0.29, 0.717) is 0 Å². The van der Waals surface area contributed by atoms with Crippen LogP contribution in [-0.4, -0.2) is 21.9 Å². The lowest BCUT2D eigenvalue weighted by Gasteiger charge is -2.11. The van der Waals surface area contributed by atoms with Gasteiger partial charge in [-0.05, 0) is 20.3 Å². The number of nitrogens with zero attached hydrogens (tertiary/aromatic N) is 3. The number of hydrogen-bond donors (Lipinski definition) is 1. The molecule has 0 amide bonds. The van der Waals surface area contributed by atoms with Crippen molar-refractivity contribution >= 4 is 11.3 Å². The zero-order valence-corrected chi connectivity index (χ0v) is 13.5. The van der Waals surface area contributed by atoms with Crippen LogP contribution in [0.15, 0.2) is 6.20 Å². The molecule has 2 aromatic rings. The van der Waals surface area contributed by atoms with Gasteiger partial charge in [-0.25, -0.2) is 9.67 Å². The molecule has 1 N–H and O–H groups in total. The molecule has 5 nitrogen and oxygen atoms in total. The summed E-state index contributed by atoms with van der Waals surface area (Å²) >= 11 is 1.77. The smallest absolute Gasteiger partial charge is 0.216 e. The fraction of sp³-hybridized carbons (Fsp3) is 0.571. The summed E-state index contributed by atoms with van der Waals surface area (Å²) in [5, 5.41) is 9.01. The molecule has 1 atom stereocenters. The highest BCUT2D eigenvalue weighted by Gasteiger charge is 2.16. The number of rotatable bonds is 6. The van der Waals surface area contributed by atoms with Crippen LogP contribution in [0.3, 0.4) is 0 Å². The van der Waals surface area contributed by atoms with Crippen molar-refractivity contribution in [2.75, 3.05) is 7.11 Å². The zero-order chi connectivity index (χ0) is 14.7. The Balaban J connectivity index is 2.05. The van der Waals surface area contributed by atoms with E-state index in [4.69, 9.17) is 4.74 Å². The quantitative estimate of drug-likeness (QED) is 0.890. The number of aromatic nitrogens is 3. The molecule has 2 rings (SSSR count). The van der Waals surface area contributed by atoms with Gasteiger partial charge in [0.1, 0.15) is 5.01 Å². The third kappa shape index (κ3) is 3.02. The first-order valence-electron chi connectivity index (χ1n) is 6.81. The van der Waals surface area contributed by atoms with Crippen molar-refractivity contribution in [3.63, 3.8) is 0 Å². The maximum Gasteiger partial charge on any atom is 0.216 e. The summed E-state index contributed by atoms with van der Waals surface area (Å²) in [4.78, 5) is 5.80. The maximum absolute atomic E-state index is 5.40. The largest absolute Gasteiger partial charge is 0.481 e. The number of thiazole rings is 1. The molecule has 0 saturated heterocycles. The van der Waals surface area contributed by atoms with Gasteiger partial charge in [0.2, 0.25) is 5.88 Å².